The highest BCUT2D eigenvalue weighted by molar-refractivity contribution is 9.10. The van der Waals surface area contributed by atoms with E-state index >= 15 is 0 Å². The summed E-state index contributed by atoms with van der Waals surface area (Å²) < 4.78 is 9.03. The molecule has 3 aromatic carbocycles. The summed E-state index contributed by atoms with van der Waals surface area (Å²) in [6.07, 6.45) is 1.87. The van der Waals surface area contributed by atoms with Gasteiger partial charge in [0.15, 0.2) is 4.96 Å². The van der Waals surface area contributed by atoms with Gasteiger partial charge in [-0.1, -0.05) is 46.7 Å². The first-order chi connectivity index (χ1) is 15.8. The molecule has 0 saturated heterocycles. The highest BCUT2D eigenvalue weighted by Gasteiger charge is 2.13. The second-order valence-electron chi connectivity index (χ2n) is 7.79. The zero-order valence-electron chi connectivity index (χ0n) is 17.7. The summed E-state index contributed by atoms with van der Waals surface area (Å²) in [5.41, 5.74) is 5.67. The van der Waals surface area contributed by atoms with Gasteiger partial charge in [0.25, 0.3) is 5.56 Å². The Hall–Kier alpha value is -2.38. The molecule has 0 aliphatic carbocycles. The summed E-state index contributed by atoms with van der Waals surface area (Å²) >= 11 is 17.1. The van der Waals surface area contributed by atoms with Crippen LogP contribution in [-0.2, 0) is 6.61 Å². The van der Waals surface area contributed by atoms with E-state index in [-0.39, 0.29) is 5.56 Å². The monoisotopic (exact) mass is 558 g/mol. The number of aryl methyl sites for hydroxylation is 2. The van der Waals surface area contributed by atoms with Crippen molar-refractivity contribution in [1.29, 1.82) is 0 Å². The average Bonchev–Trinajstić information content (AvgIpc) is 3.25. The molecule has 4 nitrogen and oxygen atoms in total. The molecule has 0 radical (unpaired) electrons. The molecule has 0 atom stereocenters. The molecule has 2 heterocycles. The first kappa shape index (κ1) is 22.4. The number of imidazole rings is 1. The molecule has 0 bridgehead atoms. The molecule has 166 valence electrons. The second kappa shape index (κ2) is 8.76. The summed E-state index contributed by atoms with van der Waals surface area (Å²) in [6, 6.07) is 15.1. The lowest BCUT2D eigenvalue weighted by molar-refractivity contribution is 0.304. The van der Waals surface area contributed by atoms with Crippen LogP contribution in [0.1, 0.15) is 22.3 Å². The van der Waals surface area contributed by atoms with E-state index in [0.29, 0.717) is 31.9 Å². The Balaban J connectivity index is 1.45. The number of nitrogens with zero attached hydrogens (tertiary/aromatic N) is 2. The molecule has 33 heavy (non-hydrogen) atoms. The lowest BCUT2D eigenvalue weighted by atomic mass is 10.1. The van der Waals surface area contributed by atoms with Gasteiger partial charge in [-0.25, -0.2) is 9.38 Å². The van der Waals surface area contributed by atoms with Crippen molar-refractivity contribution in [1.82, 2.24) is 9.38 Å². The normalized spacial score (nSPS) is 12.2. The van der Waals surface area contributed by atoms with Crippen LogP contribution in [0.3, 0.4) is 0 Å². The quantitative estimate of drug-likeness (QED) is 0.245. The van der Waals surface area contributed by atoms with E-state index in [0.717, 1.165) is 37.8 Å². The van der Waals surface area contributed by atoms with E-state index in [4.69, 9.17) is 27.9 Å². The van der Waals surface area contributed by atoms with Gasteiger partial charge < -0.3 is 4.74 Å². The lowest BCUT2D eigenvalue weighted by Gasteiger charge is -2.10. The van der Waals surface area contributed by atoms with Crippen molar-refractivity contribution in [2.24, 2.45) is 0 Å². The Bertz CT molecular complexity index is 1660. The van der Waals surface area contributed by atoms with Gasteiger partial charge in [0.05, 0.1) is 20.0 Å². The number of halogens is 3. The number of thiazole rings is 1. The molecule has 0 aliphatic rings. The van der Waals surface area contributed by atoms with Crippen LogP contribution in [0.5, 0.6) is 5.75 Å². The minimum absolute atomic E-state index is 0.0606. The van der Waals surface area contributed by atoms with E-state index in [1.165, 1.54) is 11.3 Å². The van der Waals surface area contributed by atoms with E-state index in [2.05, 4.69) is 27.8 Å². The summed E-state index contributed by atoms with van der Waals surface area (Å²) in [6.45, 7) is 4.41. The Morgan fingerprint density at radius 1 is 1.09 bits per heavy atom. The Labute approximate surface area is 212 Å². The molecule has 5 rings (SSSR count). The summed E-state index contributed by atoms with van der Waals surface area (Å²) in [5, 5.41) is 1.15. The van der Waals surface area contributed by atoms with Crippen LogP contribution < -0.4 is 14.8 Å². The largest absolute Gasteiger partial charge is 0.488 e. The molecule has 8 heteroatoms. The molecule has 0 amide bonds. The minimum atomic E-state index is -0.0606. The third-order valence-electron chi connectivity index (χ3n) is 5.51. The summed E-state index contributed by atoms with van der Waals surface area (Å²) in [5.74, 6) is 0.679. The van der Waals surface area contributed by atoms with Crippen molar-refractivity contribution in [2.45, 2.75) is 20.5 Å². The van der Waals surface area contributed by atoms with E-state index < -0.39 is 0 Å². The molecular weight excluding hydrogens is 543 g/mol. The van der Waals surface area contributed by atoms with Crippen LogP contribution in [-0.4, -0.2) is 9.38 Å². The first-order valence-corrected chi connectivity index (χ1v) is 12.5. The van der Waals surface area contributed by atoms with Crippen molar-refractivity contribution >= 4 is 72.5 Å². The highest BCUT2D eigenvalue weighted by atomic mass is 79.9. The molecular formula is C25H17BrCl2N2O2S. The molecule has 5 aromatic rings. The van der Waals surface area contributed by atoms with E-state index in [9.17, 15) is 4.79 Å². The maximum absolute atomic E-state index is 13.1. The standard InChI is InChI=1S/C25H17BrCl2N2O2S/c1-13-7-20-21(8-14(13)2)30-24(31)23(33-25(30)29-20)10-15-3-6-22(18(26)9-15)32-12-16-4-5-17(27)11-19(16)28/h3-11H,12H2,1-2H3/b23-10-. The third-order valence-corrected chi connectivity index (χ3v) is 7.68. The second-order valence-corrected chi connectivity index (χ2v) is 10.5. The predicted octanol–water partition coefficient (Wildman–Crippen LogP) is 6.72. The van der Waals surface area contributed by atoms with Gasteiger partial charge in [-0.15, -0.1) is 0 Å². The highest BCUT2D eigenvalue weighted by Crippen LogP contribution is 2.29. The lowest BCUT2D eigenvalue weighted by Crippen LogP contribution is -2.22. The van der Waals surface area contributed by atoms with Crippen molar-refractivity contribution in [3.8, 4) is 5.75 Å². The molecule has 2 aromatic heterocycles. The van der Waals surface area contributed by atoms with Gasteiger partial charge in [-0.3, -0.25) is 4.79 Å². The fourth-order valence-electron chi connectivity index (χ4n) is 3.59. The topological polar surface area (TPSA) is 43.6 Å². The molecule has 0 fully saturated rings. The summed E-state index contributed by atoms with van der Waals surface area (Å²) in [7, 11) is 0. The Kier molecular flexibility index (Phi) is 5.95. The fraction of sp³-hybridized carbons (Fsp3) is 0.120. The first-order valence-electron chi connectivity index (χ1n) is 10.1. The van der Waals surface area contributed by atoms with Crippen LogP contribution in [0.15, 0.2) is 57.8 Å². The van der Waals surface area contributed by atoms with Crippen LogP contribution in [0.25, 0.3) is 22.1 Å². The van der Waals surface area contributed by atoms with Crippen molar-refractivity contribution < 1.29 is 4.74 Å². The zero-order valence-corrected chi connectivity index (χ0v) is 21.6. The van der Waals surface area contributed by atoms with Gasteiger partial charge in [0.2, 0.25) is 0 Å². The van der Waals surface area contributed by atoms with Crippen LogP contribution >= 0.6 is 50.5 Å². The van der Waals surface area contributed by atoms with Crippen molar-refractivity contribution in [3.63, 3.8) is 0 Å². The smallest absolute Gasteiger partial charge is 0.274 e. The predicted molar refractivity (Wildman–Crippen MR) is 140 cm³/mol. The van der Waals surface area contributed by atoms with E-state index in [1.807, 2.05) is 49.4 Å². The Morgan fingerprint density at radius 3 is 2.64 bits per heavy atom. The number of benzene rings is 3. The van der Waals surface area contributed by atoms with E-state index in [1.54, 1.807) is 16.5 Å². The number of rotatable bonds is 4. The zero-order chi connectivity index (χ0) is 23.3. The minimum Gasteiger partial charge on any atom is -0.488 e. The number of hydrogen-bond donors (Lipinski definition) is 0. The fourth-order valence-corrected chi connectivity index (χ4v) is 5.55. The maximum atomic E-state index is 13.1. The molecule has 0 spiro atoms. The van der Waals surface area contributed by atoms with Crippen LogP contribution in [0, 0.1) is 13.8 Å². The SMILES string of the molecule is Cc1cc2nc3s/c(=C\c4ccc(OCc5ccc(Cl)cc5Cl)c(Br)c4)c(=O)n3c2cc1C. The van der Waals surface area contributed by atoms with Crippen LogP contribution in [0.4, 0.5) is 0 Å². The number of hydrogen-bond acceptors (Lipinski definition) is 4. The Morgan fingerprint density at radius 2 is 1.88 bits per heavy atom. The van der Waals surface area contributed by atoms with Gasteiger partial charge >= 0.3 is 0 Å². The molecule has 0 N–H and O–H groups in total. The van der Waals surface area contributed by atoms with Gasteiger partial charge in [0.1, 0.15) is 12.4 Å². The van der Waals surface area contributed by atoms with Gasteiger partial charge in [0, 0.05) is 15.6 Å². The van der Waals surface area contributed by atoms with Gasteiger partial charge in [-0.2, -0.15) is 0 Å². The average molecular weight is 560 g/mol. The van der Waals surface area contributed by atoms with Crippen molar-refractivity contribution in [3.05, 3.63) is 100 Å². The number of aromatic nitrogens is 2. The maximum Gasteiger partial charge on any atom is 0.274 e. The molecule has 0 aliphatic heterocycles. The van der Waals surface area contributed by atoms with Crippen LogP contribution in [0.2, 0.25) is 10.0 Å². The summed E-state index contributed by atoms with van der Waals surface area (Å²) in [4.78, 5) is 18.5. The molecule has 0 unspecified atom stereocenters. The van der Waals surface area contributed by atoms with Gasteiger partial charge in [-0.05, 0) is 88.9 Å². The third kappa shape index (κ3) is 4.28. The number of fused-ring (bicyclic) bond motifs is 3. The molecule has 0 saturated carbocycles. The number of ether oxygens (including phenoxy) is 1. The van der Waals surface area contributed by atoms with Crippen molar-refractivity contribution in [2.75, 3.05) is 0 Å².